The van der Waals surface area contributed by atoms with Crippen LogP contribution >= 0.6 is 0 Å². The molecule has 0 spiro atoms. The highest BCUT2D eigenvalue weighted by Crippen LogP contribution is 2.42. The molecule has 4 aromatic rings. The number of phenolic OH excluding ortho intramolecular Hbond substituents is 1. The van der Waals surface area contributed by atoms with Crippen molar-refractivity contribution in [3.05, 3.63) is 83.8 Å². The van der Waals surface area contributed by atoms with E-state index in [-0.39, 0.29) is 16.9 Å². The van der Waals surface area contributed by atoms with Gasteiger partial charge in [-0.15, -0.1) is 6.58 Å². The highest BCUT2D eigenvalue weighted by Gasteiger charge is 2.37. The second-order valence-electron chi connectivity index (χ2n) is 13.3. The number of fused-ring (bicyclic) bond motifs is 1. The number of ether oxygens (including phenoxy) is 3. The zero-order valence-corrected chi connectivity index (χ0v) is 27.8. The third kappa shape index (κ3) is 6.66. The van der Waals surface area contributed by atoms with E-state index in [1.165, 1.54) is 13.2 Å². The van der Waals surface area contributed by atoms with E-state index in [2.05, 4.69) is 18.4 Å². The summed E-state index contributed by atoms with van der Waals surface area (Å²) in [7, 11) is 1.37. The third-order valence-corrected chi connectivity index (χ3v) is 8.57. The molecule has 1 atom stereocenters. The number of rotatable bonds is 9. The van der Waals surface area contributed by atoms with Crippen molar-refractivity contribution in [2.45, 2.75) is 71.7 Å². The number of halogens is 1. The SMILES string of the molecule is C=CCOC1(C)CCN(c2c([C@H](OC(C)(C)C)C(=O)OC)c(C)cn3nc(-c4cccc(-c5c(O)ccc(C)c5F)c4)cc23)CC1. The van der Waals surface area contributed by atoms with Crippen molar-refractivity contribution in [3.8, 4) is 28.1 Å². The van der Waals surface area contributed by atoms with Gasteiger partial charge >= 0.3 is 5.97 Å². The molecule has 1 saturated heterocycles. The number of aryl methyl sites for hydroxylation is 2. The number of carbonyl (C=O) groups excluding carboxylic acids is 1. The summed E-state index contributed by atoms with van der Waals surface area (Å²) in [5, 5.41) is 15.5. The highest BCUT2D eigenvalue weighted by atomic mass is 19.1. The molecule has 2 aromatic carbocycles. The first-order valence-corrected chi connectivity index (χ1v) is 15.6. The topological polar surface area (TPSA) is 85.5 Å². The molecular formula is C37H44FN3O5. The molecule has 1 aliphatic heterocycles. The summed E-state index contributed by atoms with van der Waals surface area (Å²) in [5.41, 5.74) is 4.85. The molecule has 8 nitrogen and oxygen atoms in total. The Hall–Kier alpha value is -4.21. The molecule has 0 saturated carbocycles. The summed E-state index contributed by atoms with van der Waals surface area (Å²) in [6.45, 7) is 17.1. The number of piperidine rings is 1. The van der Waals surface area contributed by atoms with Crippen molar-refractivity contribution in [1.82, 2.24) is 9.61 Å². The lowest BCUT2D eigenvalue weighted by atomic mass is 9.91. The van der Waals surface area contributed by atoms with Gasteiger partial charge in [-0.1, -0.05) is 30.3 Å². The van der Waals surface area contributed by atoms with Gasteiger partial charge in [0.05, 0.1) is 47.4 Å². The van der Waals surface area contributed by atoms with Gasteiger partial charge in [0.2, 0.25) is 0 Å². The smallest absolute Gasteiger partial charge is 0.339 e. The van der Waals surface area contributed by atoms with Crippen molar-refractivity contribution < 1.29 is 28.5 Å². The number of pyridine rings is 1. The summed E-state index contributed by atoms with van der Waals surface area (Å²) in [6.07, 6.45) is 4.25. The fourth-order valence-corrected chi connectivity index (χ4v) is 6.12. The molecule has 1 aliphatic rings. The minimum Gasteiger partial charge on any atom is -0.507 e. The first kappa shape index (κ1) is 33.2. The summed E-state index contributed by atoms with van der Waals surface area (Å²) in [5.74, 6) is -1.07. The number of hydrogen-bond acceptors (Lipinski definition) is 7. The Bertz CT molecular complexity index is 1770. The Kier molecular flexibility index (Phi) is 9.29. The molecule has 0 aliphatic carbocycles. The Morgan fingerprint density at radius 1 is 1.13 bits per heavy atom. The summed E-state index contributed by atoms with van der Waals surface area (Å²) in [6, 6.07) is 12.4. The average Bonchev–Trinajstić information content (AvgIpc) is 3.44. The molecule has 0 radical (unpaired) electrons. The van der Waals surface area contributed by atoms with Gasteiger partial charge < -0.3 is 24.2 Å². The van der Waals surface area contributed by atoms with Crippen molar-refractivity contribution in [2.75, 3.05) is 31.7 Å². The zero-order valence-electron chi connectivity index (χ0n) is 27.8. The lowest BCUT2D eigenvalue weighted by Gasteiger charge is -2.41. The second-order valence-corrected chi connectivity index (χ2v) is 13.3. The molecule has 244 valence electrons. The number of methoxy groups -OCH3 is 1. The molecule has 2 aromatic heterocycles. The van der Waals surface area contributed by atoms with Gasteiger partial charge in [-0.2, -0.15) is 5.10 Å². The quantitative estimate of drug-likeness (QED) is 0.150. The van der Waals surface area contributed by atoms with E-state index in [1.807, 2.05) is 62.7 Å². The molecule has 0 unspecified atom stereocenters. The maximum atomic E-state index is 15.2. The maximum absolute atomic E-state index is 15.2. The van der Waals surface area contributed by atoms with Crippen LogP contribution in [0, 0.1) is 19.7 Å². The number of anilines is 1. The summed E-state index contributed by atoms with van der Waals surface area (Å²) in [4.78, 5) is 15.6. The fourth-order valence-electron chi connectivity index (χ4n) is 6.12. The van der Waals surface area contributed by atoms with E-state index in [4.69, 9.17) is 19.3 Å². The second kappa shape index (κ2) is 12.9. The average molecular weight is 630 g/mol. The monoisotopic (exact) mass is 629 g/mol. The van der Waals surface area contributed by atoms with Crippen LogP contribution in [0.4, 0.5) is 10.1 Å². The van der Waals surface area contributed by atoms with Crippen LogP contribution in [0.2, 0.25) is 0 Å². The number of esters is 1. The molecular weight excluding hydrogens is 585 g/mol. The van der Waals surface area contributed by atoms with Crippen molar-refractivity contribution in [3.63, 3.8) is 0 Å². The molecule has 3 heterocycles. The highest BCUT2D eigenvalue weighted by molar-refractivity contribution is 5.88. The van der Waals surface area contributed by atoms with E-state index in [0.29, 0.717) is 36.5 Å². The first-order chi connectivity index (χ1) is 21.7. The lowest BCUT2D eigenvalue weighted by Crippen LogP contribution is -2.45. The Balaban J connectivity index is 1.67. The van der Waals surface area contributed by atoms with E-state index in [9.17, 15) is 9.90 Å². The van der Waals surface area contributed by atoms with Crippen LogP contribution in [0.15, 0.2) is 61.3 Å². The number of aromatic hydroxyl groups is 1. The Labute approximate surface area is 270 Å². The number of phenols is 1. The number of benzene rings is 2. The first-order valence-electron chi connectivity index (χ1n) is 15.6. The number of hydrogen-bond donors (Lipinski definition) is 1. The number of carbonyl (C=O) groups is 1. The van der Waals surface area contributed by atoms with Crippen LogP contribution in [-0.2, 0) is 19.0 Å². The van der Waals surface area contributed by atoms with Gasteiger partial charge in [-0.3, -0.25) is 0 Å². The van der Waals surface area contributed by atoms with E-state index >= 15 is 4.39 Å². The van der Waals surface area contributed by atoms with Gasteiger partial charge in [0.1, 0.15) is 11.6 Å². The van der Waals surface area contributed by atoms with E-state index in [0.717, 1.165) is 40.7 Å². The van der Waals surface area contributed by atoms with Crippen LogP contribution < -0.4 is 4.90 Å². The standard InChI is InChI=1S/C37H44FN3O5/c1-9-19-45-37(7)15-17-40(18-16-37)33-28-21-27(25-11-10-12-26(20-25)31-29(42)14-13-23(2)32(31)38)39-41(28)22-24(3)30(33)34(35(43)44-8)46-36(4,5)6/h9-14,20-22,34,42H,1,15-19H2,2-8H3/t34-/m0/s1. The van der Waals surface area contributed by atoms with Crippen LogP contribution in [0.5, 0.6) is 5.75 Å². The largest absolute Gasteiger partial charge is 0.507 e. The summed E-state index contributed by atoms with van der Waals surface area (Å²) < 4.78 is 34.8. The third-order valence-electron chi connectivity index (χ3n) is 8.57. The van der Waals surface area contributed by atoms with Gasteiger partial charge in [0.15, 0.2) is 6.10 Å². The zero-order chi connectivity index (χ0) is 33.4. The fraction of sp³-hybridized carbons (Fsp3) is 0.405. The minimum atomic E-state index is -0.968. The maximum Gasteiger partial charge on any atom is 0.339 e. The molecule has 1 fully saturated rings. The van der Waals surface area contributed by atoms with Crippen molar-refractivity contribution in [2.24, 2.45) is 0 Å². The molecule has 0 amide bonds. The summed E-state index contributed by atoms with van der Waals surface area (Å²) >= 11 is 0. The van der Waals surface area contributed by atoms with Gasteiger partial charge in [0, 0.05) is 30.4 Å². The number of nitrogens with zero attached hydrogens (tertiary/aromatic N) is 3. The van der Waals surface area contributed by atoms with Crippen LogP contribution in [0.3, 0.4) is 0 Å². The predicted molar refractivity (Wildman–Crippen MR) is 179 cm³/mol. The number of aromatic nitrogens is 2. The van der Waals surface area contributed by atoms with Gasteiger partial charge in [-0.25, -0.2) is 13.7 Å². The van der Waals surface area contributed by atoms with E-state index in [1.54, 1.807) is 25.1 Å². The molecule has 9 heteroatoms. The van der Waals surface area contributed by atoms with Crippen LogP contribution in [0.1, 0.15) is 63.3 Å². The van der Waals surface area contributed by atoms with Crippen LogP contribution in [0.25, 0.3) is 27.9 Å². The van der Waals surface area contributed by atoms with Gasteiger partial charge in [-0.05, 0) is 89.3 Å². The van der Waals surface area contributed by atoms with E-state index < -0.39 is 23.5 Å². The van der Waals surface area contributed by atoms with Crippen LogP contribution in [-0.4, -0.2) is 58.7 Å². The lowest BCUT2D eigenvalue weighted by molar-refractivity contribution is -0.164. The molecule has 5 rings (SSSR count). The molecule has 1 N–H and O–H groups in total. The minimum absolute atomic E-state index is 0.125. The molecule has 0 bridgehead atoms. The Morgan fingerprint density at radius 3 is 2.48 bits per heavy atom. The van der Waals surface area contributed by atoms with Crippen molar-refractivity contribution in [1.29, 1.82) is 0 Å². The Morgan fingerprint density at radius 2 is 1.83 bits per heavy atom. The normalized spacial score (nSPS) is 15.6. The van der Waals surface area contributed by atoms with Crippen molar-refractivity contribution >= 4 is 17.2 Å². The molecule has 46 heavy (non-hydrogen) atoms. The van der Waals surface area contributed by atoms with Gasteiger partial charge in [0.25, 0.3) is 0 Å². The predicted octanol–water partition coefficient (Wildman–Crippen LogP) is 7.72.